The van der Waals surface area contributed by atoms with Crippen LogP contribution in [0, 0.1) is 11.8 Å². The monoisotopic (exact) mass is 389 g/mol. The minimum Gasteiger partial charge on any atom is -0.371 e. The van der Waals surface area contributed by atoms with Gasteiger partial charge in [0.15, 0.2) is 0 Å². The summed E-state index contributed by atoms with van der Waals surface area (Å²) in [4.78, 5) is 19.0. The molecule has 0 aliphatic carbocycles. The topological polar surface area (TPSA) is 95.9 Å². The lowest BCUT2D eigenvalue weighted by Gasteiger charge is -2.15. The Kier molecular flexibility index (Phi) is 4.92. The molecule has 1 atom stereocenters. The van der Waals surface area contributed by atoms with Crippen molar-refractivity contribution in [1.29, 1.82) is 0 Å². The van der Waals surface area contributed by atoms with Crippen molar-refractivity contribution >= 4 is 16.8 Å². The molecule has 0 bridgehead atoms. The summed E-state index contributed by atoms with van der Waals surface area (Å²) in [6, 6.07) is 1.93. The van der Waals surface area contributed by atoms with E-state index >= 15 is 0 Å². The van der Waals surface area contributed by atoms with Gasteiger partial charge in [0.1, 0.15) is 0 Å². The van der Waals surface area contributed by atoms with Crippen LogP contribution in [0.1, 0.15) is 41.4 Å². The number of hydrogen-bond donors (Lipinski definition) is 1. The zero-order valence-corrected chi connectivity index (χ0v) is 14.8. The number of fused-ring (bicyclic) bond motifs is 1. The number of alkyl halides is 3. The van der Waals surface area contributed by atoms with Crippen LogP contribution in [0.2, 0.25) is 0 Å². The van der Waals surface area contributed by atoms with Gasteiger partial charge in [-0.3, -0.25) is 9.48 Å². The summed E-state index contributed by atoms with van der Waals surface area (Å²) in [5.74, 6) is 5.09. The Morgan fingerprint density at radius 1 is 1.25 bits per heavy atom. The number of ether oxygens (including phenoxy) is 1. The van der Waals surface area contributed by atoms with Crippen molar-refractivity contribution in [2.75, 3.05) is 0 Å². The third kappa shape index (κ3) is 3.73. The second-order valence-corrected chi connectivity index (χ2v) is 5.77. The van der Waals surface area contributed by atoms with Crippen LogP contribution >= 0.6 is 0 Å². The summed E-state index contributed by atoms with van der Waals surface area (Å²) in [6.45, 7) is 3.42. The third-order valence-corrected chi connectivity index (χ3v) is 3.99. The fraction of sp³-hybridized carbons (Fsp3) is 0.222. The van der Waals surface area contributed by atoms with E-state index in [1.807, 2.05) is 0 Å². The molecule has 7 nitrogen and oxygen atoms in total. The Balaban J connectivity index is 2.06. The Labute approximate surface area is 157 Å². The van der Waals surface area contributed by atoms with Gasteiger partial charge in [0.25, 0.3) is 5.91 Å². The number of nitrogens with zero attached hydrogens (tertiary/aromatic N) is 4. The Bertz CT molecular complexity index is 1090. The number of halogens is 3. The molecule has 0 saturated carbocycles. The van der Waals surface area contributed by atoms with Crippen LogP contribution < -0.4 is 10.5 Å². The first-order chi connectivity index (χ1) is 13.2. The number of rotatable bonds is 4. The summed E-state index contributed by atoms with van der Waals surface area (Å²) in [7, 11) is 0. The average molecular weight is 389 g/mol. The van der Waals surface area contributed by atoms with Crippen molar-refractivity contribution < 1.29 is 22.7 Å². The van der Waals surface area contributed by atoms with Crippen LogP contribution in [0.25, 0.3) is 10.9 Å². The molecule has 0 radical (unpaired) electrons. The van der Waals surface area contributed by atoms with Crippen LogP contribution in [0.5, 0.6) is 6.01 Å². The fourth-order valence-electron chi connectivity index (χ4n) is 2.74. The maximum Gasteiger partial charge on any atom is 0.575 e. The maximum atomic E-state index is 12.2. The van der Waals surface area contributed by atoms with Crippen molar-refractivity contribution in [1.82, 2.24) is 19.7 Å². The van der Waals surface area contributed by atoms with Gasteiger partial charge in [0.05, 0.1) is 23.3 Å². The standard InChI is InChI=1S/C18H14F3N5O2/c1-3-4-11-5-6-13(16(22)27)15-14(11)9-25-26(15)10(2)12-7-23-17(24-8-12)28-18(19,20)21/h5-10H,1-2H3,(H2,22,27). The van der Waals surface area contributed by atoms with E-state index < -0.39 is 24.3 Å². The molecule has 2 aromatic heterocycles. The predicted octanol–water partition coefficient (Wildman–Crippen LogP) is 2.80. The minimum atomic E-state index is -4.88. The molecule has 1 unspecified atom stereocenters. The third-order valence-electron chi connectivity index (χ3n) is 3.99. The van der Waals surface area contributed by atoms with E-state index in [2.05, 4.69) is 31.6 Å². The normalized spacial score (nSPS) is 12.3. The van der Waals surface area contributed by atoms with Crippen molar-refractivity contribution in [3.8, 4) is 17.9 Å². The summed E-state index contributed by atoms with van der Waals surface area (Å²) in [5, 5.41) is 4.95. The molecule has 3 rings (SSSR count). The smallest absolute Gasteiger partial charge is 0.371 e. The molecule has 1 aromatic carbocycles. The summed E-state index contributed by atoms with van der Waals surface area (Å²) in [6.07, 6.45) is -0.920. The number of benzene rings is 1. The molecule has 144 valence electrons. The molecule has 0 aliphatic rings. The van der Waals surface area contributed by atoms with Gasteiger partial charge >= 0.3 is 12.4 Å². The van der Waals surface area contributed by atoms with Gasteiger partial charge in [0.2, 0.25) is 0 Å². The number of nitrogens with two attached hydrogens (primary N) is 1. The Hall–Kier alpha value is -3.61. The van der Waals surface area contributed by atoms with Crippen LogP contribution in [-0.2, 0) is 0 Å². The molecule has 10 heteroatoms. The highest BCUT2D eigenvalue weighted by Gasteiger charge is 2.32. The quantitative estimate of drug-likeness (QED) is 0.693. The van der Waals surface area contributed by atoms with Gasteiger partial charge in [0, 0.05) is 28.9 Å². The first-order valence-electron chi connectivity index (χ1n) is 8.01. The van der Waals surface area contributed by atoms with E-state index in [-0.39, 0.29) is 5.56 Å². The van der Waals surface area contributed by atoms with Crippen LogP contribution in [-0.4, -0.2) is 32.0 Å². The first-order valence-corrected chi connectivity index (χ1v) is 8.01. The lowest BCUT2D eigenvalue weighted by atomic mass is 10.0. The van der Waals surface area contributed by atoms with E-state index in [1.54, 1.807) is 32.2 Å². The minimum absolute atomic E-state index is 0.249. The average Bonchev–Trinajstić information content (AvgIpc) is 3.06. The van der Waals surface area contributed by atoms with Gasteiger partial charge < -0.3 is 10.5 Å². The molecule has 0 fully saturated rings. The molecule has 0 aliphatic heterocycles. The lowest BCUT2D eigenvalue weighted by Crippen LogP contribution is -2.19. The van der Waals surface area contributed by atoms with Gasteiger partial charge in [-0.25, -0.2) is 9.97 Å². The Morgan fingerprint density at radius 2 is 1.93 bits per heavy atom. The highest BCUT2D eigenvalue weighted by Crippen LogP contribution is 2.28. The molecule has 1 amide bonds. The first kappa shape index (κ1) is 19.2. The van der Waals surface area contributed by atoms with Gasteiger partial charge in [-0.05, 0) is 26.0 Å². The number of aromatic nitrogens is 4. The van der Waals surface area contributed by atoms with Crippen molar-refractivity contribution in [2.24, 2.45) is 5.73 Å². The number of hydrogen-bond acceptors (Lipinski definition) is 5. The van der Waals surface area contributed by atoms with Crippen LogP contribution in [0.4, 0.5) is 13.2 Å². The largest absolute Gasteiger partial charge is 0.575 e. The lowest BCUT2D eigenvalue weighted by molar-refractivity contribution is -0.277. The number of carbonyl (C=O) groups is 1. The number of amides is 1. The zero-order chi connectivity index (χ0) is 20.5. The highest BCUT2D eigenvalue weighted by atomic mass is 19.4. The second-order valence-electron chi connectivity index (χ2n) is 5.77. The molecule has 2 N–H and O–H groups in total. The van der Waals surface area contributed by atoms with E-state index in [4.69, 9.17) is 5.73 Å². The summed E-state index contributed by atoms with van der Waals surface area (Å²) < 4.78 is 41.9. The van der Waals surface area contributed by atoms with Crippen molar-refractivity contribution in [3.05, 3.63) is 47.4 Å². The fourth-order valence-corrected chi connectivity index (χ4v) is 2.74. The molecule has 28 heavy (non-hydrogen) atoms. The highest BCUT2D eigenvalue weighted by molar-refractivity contribution is 6.06. The van der Waals surface area contributed by atoms with E-state index in [9.17, 15) is 18.0 Å². The zero-order valence-electron chi connectivity index (χ0n) is 14.8. The van der Waals surface area contributed by atoms with Gasteiger partial charge in [-0.2, -0.15) is 5.10 Å². The number of carbonyl (C=O) groups excluding carboxylic acids is 1. The molecular weight excluding hydrogens is 375 g/mol. The van der Waals surface area contributed by atoms with Crippen LogP contribution in [0.15, 0.2) is 30.7 Å². The molecule has 2 heterocycles. The molecule has 0 saturated heterocycles. The van der Waals surface area contributed by atoms with E-state index in [1.165, 1.54) is 17.1 Å². The predicted molar refractivity (Wildman–Crippen MR) is 93.3 cm³/mol. The second kappa shape index (κ2) is 7.19. The summed E-state index contributed by atoms with van der Waals surface area (Å²) in [5.41, 5.74) is 7.34. The van der Waals surface area contributed by atoms with Gasteiger partial charge in [-0.15, -0.1) is 19.1 Å². The SMILES string of the molecule is CC#Cc1ccc(C(N)=O)c2c1cnn2C(C)c1cnc(OC(F)(F)F)nc1. The van der Waals surface area contributed by atoms with Crippen molar-refractivity contribution in [2.45, 2.75) is 26.3 Å². The van der Waals surface area contributed by atoms with E-state index in [0.717, 1.165) is 0 Å². The van der Waals surface area contributed by atoms with Crippen molar-refractivity contribution in [3.63, 3.8) is 0 Å². The van der Waals surface area contributed by atoms with Gasteiger partial charge in [-0.1, -0.05) is 5.92 Å². The van der Waals surface area contributed by atoms with Crippen LogP contribution in [0.3, 0.4) is 0 Å². The summed E-state index contributed by atoms with van der Waals surface area (Å²) >= 11 is 0. The van der Waals surface area contributed by atoms with E-state index in [0.29, 0.717) is 22.0 Å². The molecule has 3 aromatic rings. The Morgan fingerprint density at radius 3 is 2.50 bits per heavy atom. The maximum absolute atomic E-state index is 12.2. The molecule has 0 spiro atoms. The molecular formula is C18H14F3N5O2. The number of primary amides is 1.